The third-order valence-electron chi connectivity index (χ3n) is 4.06. The molecule has 2 atom stereocenters. The van der Waals surface area contributed by atoms with Gasteiger partial charge in [-0.3, -0.25) is 4.90 Å². The smallest absolute Gasteiger partial charge is 0.0113 e. The predicted molar refractivity (Wildman–Crippen MR) is 64.1 cm³/mol. The van der Waals surface area contributed by atoms with Gasteiger partial charge < -0.3 is 10.2 Å². The monoisotopic (exact) mass is 211 g/mol. The first-order valence-corrected chi connectivity index (χ1v) is 6.37. The Labute approximate surface area is 93.8 Å². The van der Waals surface area contributed by atoms with Gasteiger partial charge in [-0.1, -0.05) is 0 Å². The van der Waals surface area contributed by atoms with Gasteiger partial charge in [-0.05, 0) is 45.8 Å². The van der Waals surface area contributed by atoms with Gasteiger partial charge >= 0.3 is 0 Å². The second kappa shape index (κ2) is 5.28. The average molecular weight is 211 g/mol. The first kappa shape index (κ1) is 11.4. The Morgan fingerprint density at radius 1 is 1.13 bits per heavy atom. The molecule has 3 nitrogen and oxygen atoms in total. The summed E-state index contributed by atoms with van der Waals surface area (Å²) in [6.45, 7) is 6.30. The molecule has 0 amide bonds. The number of hydrogen-bond donors (Lipinski definition) is 1. The number of nitrogens with zero attached hydrogens (tertiary/aromatic N) is 2. The normalized spacial score (nSPS) is 34.8. The molecule has 2 unspecified atom stereocenters. The maximum Gasteiger partial charge on any atom is 0.0113 e. The van der Waals surface area contributed by atoms with Gasteiger partial charge in [0, 0.05) is 32.2 Å². The molecule has 88 valence electrons. The molecule has 2 aliphatic rings. The van der Waals surface area contributed by atoms with Gasteiger partial charge in [0.25, 0.3) is 0 Å². The zero-order chi connectivity index (χ0) is 10.7. The van der Waals surface area contributed by atoms with Crippen LogP contribution in [-0.2, 0) is 0 Å². The Bertz CT molecular complexity index is 187. The van der Waals surface area contributed by atoms with Gasteiger partial charge in [-0.15, -0.1) is 0 Å². The van der Waals surface area contributed by atoms with Crippen molar-refractivity contribution in [3.8, 4) is 0 Å². The van der Waals surface area contributed by atoms with Crippen LogP contribution in [0.4, 0.5) is 0 Å². The SMILES string of the molecule is CNCC1CCC(N2CCN(C)CC2)C1. The van der Waals surface area contributed by atoms with Crippen LogP contribution in [-0.4, -0.2) is 62.7 Å². The molecule has 0 radical (unpaired) electrons. The summed E-state index contributed by atoms with van der Waals surface area (Å²) >= 11 is 0. The average Bonchev–Trinajstić information content (AvgIpc) is 2.68. The van der Waals surface area contributed by atoms with Crippen molar-refractivity contribution in [2.75, 3.05) is 46.8 Å². The summed E-state index contributed by atoms with van der Waals surface area (Å²) in [5, 5.41) is 3.31. The Morgan fingerprint density at radius 3 is 2.53 bits per heavy atom. The fraction of sp³-hybridized carbons (Fsp3) is 1.00. The molecule has 2 fully saturated rings. The van der Waals surface area contributed by atoms with E-state index < -0.39 is 0 Å². The Kier molecular flexibility index (Phi) is 4.00. The van der Waals surface area contributed by atoms with Crippen molar-refractivity contribution < 1.29 is 0 Å². The summed E-state index contributed by atoms with van der Waals surface area (Å²) in [7, 11) is 4.30. The summed E-state index contributed by atoms with van der Waals surface area (Å²) in [5.41, 5.74) is 0. The van der Waals surface area contributed by atoms with E-state index in [-0.39, 0.29) is 0 Å². The van der Waals surface area contributed by atoms with Crippen LogP contribution >= 0.6 is 0 Å². The van der Waals surface area contributed by atoms with Crippen LogP contribution < -0.4 is 5.32 Å². The Morgan fingerprint density at radius 2 is 1.87 bits per heavy atom. The molecule has 1 aliphatic carbocycles. The predicted octanol–water partition coefficient (Wildman–Crippen LogP) is 0.622. The zero-order valence-corrected chi connectivity index (χ0v) is 10.2. The molecular formula is C12H25N3. The molecule has 1 saturated carbocycles. The van der Waals surface area contributed by atoms with Crippen molar-refractivity contribution in [2.45, 2.75) is 25.3 Å². The summed E-state index contributed by atoms with van der Waals surface area (Å²) in [6, 6.07) is 0.886. The van der Waals surface area contributed by atoms with E-state index >= 15 is 0 Å². The van der Waals surface area contributed by atoms with Crippen molar-refractivity contribution in [3.05, 3.63) is 0 Å². The van der Waals surface area contributed by atoms with Gasteiger partial charge in [0.15, 0.2) is 0 Å². The molecule has 3 heteroatoms. The van der Waals surface area contributed by atoms with E-state index in [1.54, 1.807) is 0 Å². The second-order valence-electron chi connectivity index (χ2n) is 5.23. The second-order valence-corrected chi connectivity index (χ2v) is 5.23. The molecule has 0 aromatic carbocycles. The lowest BCUT2D eigenvalue weighted by molar-refractivity contribution is 0.112. The summed E-state index contributed by atoms with van der Waals surface area (Å²) in [4.78, 5) is 5.16. The molecule has 0 aromatic rings. The minimum atomic E-state index is 0.886. The van der Waals surface area contributed by atoms with Crippen molar-refractivity contribution in [2.24, 2.45) is 5.92 Å². The Balaban J connectivity index is 1.75. The fourth-order valence-corrected chi connectivity index (χ4v) is 3.04. The standard InChI is InChI=1S/C12H25N3/c1-13-10-11-3-4-12(9-11)15-7-5-14(2)6-8-15/h11-13H,3-10H2,1-2H3. The van der Waals surface area contributed by atoms with Crippen LogP contribution in [0, 0.1) is 5.92 Å². The highest BCUT2D eigenvalue weighted by Crippen LogP contribution is 2.29. The lowest BCUT2D eigenvalue weighted by Gasteiger charge is -2.36. The number of rotatable bonds is 3. The molecule has 1 N–H and O–H groups in total. The highest BCUT2D eigenvalue weighted by atomic mass is 15.3. The largest absolute Gasteiger partial charge is 0.319 e. The third-order valence-corrected chi connectivity index (χ3v) is 4.06. The number of likely N-dealkylation sites (N-methyl/N-ethyl adjacent to an activating group) is 1. The molecule has 1 saturated heterocycles. The van der Waals surface area contributed by atoms with Crippen molar-refractivity contribution in [3.63, 3.8) is 0 Å². The van der Waals surface area contributed by atoms with E-state index in [1.165, 1.54) is 52.0 Å². The van der Waals surface area contributed by atoms with Crippen LogP contribution in [0.25, 0.3) is 0 Å². The topological polar surface area (TPSA) is 18.5 Å². The lowest BCUT2D eigenvalue weighted by Crippen LogP contribution is -2.48. The van der Waals surface area contributed by atoms with E-state index in [2.05, 4.69) is 29.2 Å². The third kappa shape index (κ3) is 2.92. The first-order valence-electron chi connectivity index (χ1n) is 6.37. The maximum atomic E-state index is 3.31. The quantitative estimate of drug-likeness (QED) is 0.738. The van der Waals surface area contributed by atoms with Gasteiger partial charge in [0.05, 0.1) is 0 Å². The molecular weight excluding hydrogens is 186 g/mol. The molecule has 1 aliphatic heterocycles. The minimum Gasteiger partial charge on any atom is -0.319 e. The maximum absolute atomic E-state index is 3.31. The highest BCUT2D eigenvalue weighted by molar-refractivity contribution is 4.85. The van der Waals surface area contributed by atoms with Gasteiger partial charge in [0.1, 0.15) is 0 Å². The molecule has 0 spiro atoms. The number of nitrogens with one attached hydrogen (secondary N) is 1. The fourth-order valence-electron chi connectivity index (χ4n) is 3.04. The van der Waals surface area contributed by atoms with Crippen LogP contribution in [0.3, 0.4) is 0 Å². The van der Waals surface area contributed by atoms with Gasteiger partial charge in [-0.25, -0.2) is 0 Å². The summed E-state index contributed by atoms with van der Waals surface area (Å²) in [6.07, 6.45) is 4.28. The minimum absolute atomic E-state index is 0.886. The van der Waals surface area contributed by atoms with Crippen LogP contribution in [0.15, 0.2) is 0 Å². The summed E-state index contributed by atoms with van der Waals surface area (Å²) in [5.74, 6) is 0.930. The van der Waals surface area contributed by atoms with E-state index in [0.717, 1.165) is 12.0 Å². The van der Waals surface area contributed by atoms with Crippen molar-refractivity contribution in [1.82, 2.24) is 15.1 Å². The van der Waals surface area contributed by atoms with Crippen LogP contribution in [0.2, 0.25) is 0 Å². The number of hydrogen-bond acceptors (Lipinski definition) is 3. The first-order chi connectivity index (χ1) is 7.29. The van der Waals surface area contributed by atoms with Crippen LogP contribution in [0.1, 0.15) is 19.3 Å². The summed E-state index contributed by atoms with van der Waals surface area (Å²) < 4.78 is 0. The number of piperazine rings is 1. The highest BCUT2D eigenvalue weighted by Gasteiger charge is 2.29. The van der Waals surface area contributed by atoms with E-state index in [1.807, 2.05) is 0 Å². The lowest BCUT2D eigenvalue weighted by atomic mass is 10.1. The molecule has 0 bridgehead atoms. The van der Waals surface area contributed by atoms with E-state index in [4.69, 9.17) is 0 Å². The molecule has 0 aromatic heterocycles. The van der Waals surface area contributed by atoms with Gasteiger partial charge in [0.2, 0.25) is 0 Å². The zero-order valence-electron chi connectivity index (χ0n) is 10.2. The van der Waals surface area contributed by atoms with E-state index in [0.29, 0.717) is 0 Å². The van der Waals surface area contributed by atoms with Gasteiger partial charge in [-0.2, -0.15) is 0 Å². The molecule has 1 heterocycles. The Hall–Kier alpha value is -0.120. The van der Waals surface area contributed by atoms with Crippen LogP contribution in [0.5, 0.6) is 0 Å². The van der Waals surface area contributed by atoms with E-state index in [9.17, 15) is 0 Å². The van der Waals surface area contributed by atoms with Crippen molar-refractivity contribution >= 4 is 0 Å². The van der Waals surface area contributed by atoms with Crippen molar-refractivity contribution in [1.29, 1.82) is 0 Å². The molecule has 2 rings (SSSR count). The molecule has 15 heavy (non-hydrogen) atoms.